The van der Waals surface area contributed by atoms with Crippen LogP contribution >= 0.6 is 0 Å². The fourth-order valence-corrected chi connectivity index (χ4v) is 3.83. The minimum absolute atomic E-state index is 0.377. The van der Waals surface area contributed by atoms with E-state index >= 15 is 0 Å². The Kier molecular flexibility index (Phi) is 5.30. The predicted octanol–water partition coefficient (Wildman–Crippen LogP) is 3.52. The molecule has 2 rings (SSSR count). The Morgan fingerprint density at radius 3 is 2.63 bits per heavy atom. The van der Waals surface area contributed by atoms with Crippen molar-refractivity contribution in [3.05, 3.63) is 0 Å². The first-order valence-corrected chi connectivity index (χ1v) is 8.41. The van der Waals surface area contributed by atoms with Crippen LogP contribution in [-0.4, -0.2) is 37.1 Å². The maximum Gasteiger partial charge on any atom is 0.0243 e. The van der Waals surface area contributed by atoms with Gasteiger partial charge in [-0.15, -0.1) is 0 Å². The van der Waals surface area contributed by atoms with Gasteiger partial charge in [0.15, 0.2) is 0 Å². The first-order valence-electron chi connectivity index (χ1n) is 8.41. The van der Waals surface area contributed by atoms with Crippen LogP contribution in [0, 0.1) is 17.3 Å². The van der Waals surface area contributed by atoms with Crippen molar-refractivity contribution in [2.45, 2.75) is 65.8 Å². The largest absolute Gasteiger partial charge is 0.312 e. The summed E-state index contributed by atoms with van der Waals surface area (Å²) in [6.45, 7) is 14.6. The number of nitrogens with one attached hydrogen (secondary N) is 1. The minimum atomic E-state index is 0.377. The summed E-state index contributed by atoms with van der Waals surface area (Å²) >= 11 is 0. The van der Waals surface area contributed by atoms with E-state index in [0.717, 1.165) is 11.8 Å². The van der Waals surface area contributed by atoms with Gasteiger partial charge in [0, 0.05) is 19.1 Å². The predicted molar refractivity (Wildman–Crippen MR) is 83.4 cm³/mol. The summed E-state index contributed by atoms with van der Waals surface area (Å²) in [5.74, 6) is 1.92. The number of rotatable bonds is 2. The number of hydrogen-bond donors (Lipinski definition) is 1. The lowest BCUT2D eigenvalue weighted by molar-refractivity contribution is 0.152. The number of nitrogens with zero attached hydrogens (tertiary/aromatic N) is 1. The quantitative estimate of drug-likeness (QED) is 0.822. The second-order valence-electron chi connectivity index (χ2n) is 8.12. The van der Waals surface area contributed by atoms with Gasteiger partial charge >= 0.3 is 0 Å². The van der Waals surface area contributed by atoms with Gasteiger partial charge in [0.05, 0.1) is 0 Å². The van der Waals surface area contributed by atoms with Crippen LogP contribution in [-0.2, 0) is 0 Å². The second-order valence-corrected chi connectivity index (χ2v) is 8.12. The van der Waals surface area contributed by atoms with E-state index in [2.05, 4.69) is 37.9 Å². The standard InChI is InChI=1S/C17H34N2/c1-14-7-5-8-15(11-14)12-19-10-6-9-18-16(13-19)17(2,3)4/h14-16,18H,5-13H2,1-4H3. The second kappa shape index (κ2) is 6.58. The average molecular weight is 266 g/mol. The van der Waals surface area contributed by atoms with Gasteiger partial charge in [-0.3, -0.25) is 0 Å². The molecule has 112 valence electrons. The van der Waals surface area contributed by atoms with E-state index in [1.807, 2.05) is 0 Å². The van der Waals surface area contributed by atoms with Crippen LogP contribution in [0.2, 0.25) is 0 Å². The summed E-state index contributed by atoms with van der Waals surface area (Å²) in [7, 11) is 0. The Morgan fingerprint density at radius 1 is 1.16 bits per heavy atom. The van der Waals surface area contributed by atoms with E-state index in [-0.39, 0.29) is 0 Å². The SMILES string of the molecule is CC1CCCC(CN2CCCNC(C(C)(C)C)C2)C1. The third-order valence-corrected chi connectivity index (χ3v) is 5.09. The van der Waals surface area contributed by atoms with Crippen LogP contribution in [0.5, 0.6) is 0 Å². The molecular formula is C17H34N2. The Hall–Kier alpha value is -0.0800. The Morgan fingerprint density at radius 2 is 1.95 bits per heavy atom. The lowest BCUT2D eigenvalue weighted by Crippen LogP contribution is -2.47. The molecule has 19 heavy (non-hydrogen) atoms. The summed E-state index contributed by atoms with van der Waals surface area (Å²) in [5.41, 5.74) is 0.377. The van der Waals surface area contributed by atoms with Gasteiger partial charge < -0.3 is 10.2 Å². The maximum atomic E-state index is 3.76. The molecule has 0 amide bonds. The molecule has 1 saturated heterocycles. The van der Waals surface area contributed by atoms with Crippen molar-refractivity contribution in [3.63, 3.8) is 0 Å². The molecule has 0 aromatic rings. The first-order chi connectivity index (χ1) is 8.95. The zero-order chi connectivity index (χ0) is 13.9. The van der Waals surface area contributed by atoms with E-state index in [1.54, 1.807) is 0 Å². The van der Waals surface area contributed by atoms with E-state index in [9.17, 15) is 0 Å². The molecule has 0 bridgehead atoms. The van der Waals surface area contributed by atoms with Crippen molar-refractivity contribution in [1.29, 1.82) is 0 Å². The summed E-state index contributed by atoms with van der Waals surface area (Å²) in [5, 5.41) is 3.76. The third kappa shape index (κ3) is 4.75. The lowest BCUT2D eigenvalue weighted by atomic mass is 9.82. The van der Waals surface area contributed by atoms with Crippen LogP contribution in [0.4, 0.5) is 0 Å². The third-order valence-electron chi connectivity index (χ3n) is 5.09. The molecule has 1 aliphatic heterocycles. The van der Waals surface area contributed by atoms with Crippen molar-refractivity contribution >= 4 is 0 Å². The molecule has 2 nitrogen and oxygen atoms in total. The van der Waals surface area contributed by atoms with Gasteiger partial charge in [0.2, 0.25) is 0 Å². The fourth-order valence-electron chi connectivity index (χ4n) is 3.83. The van der Waals surface area contributed by atoms with Crippen molar-refractivity contribution < 1.29 is 0 Å². The van der Waals surface area contributed by atoms with Gasteiger partial charge in [-0.1, -0.05) is 40.5 Å². The molecule has 0 radical (unpaired) electrons. The molecule has 2 fully saturated rings. The number of hydrogen-bond acceptors (Lipinski definition) is 2. The van der Waals surface area contributed by atoms with Crippen LogP contribution in [0.15, 0.2) is 0 Å². The smallest absolute Gasteiger partial charge is 0.0243 e. The molecule has 0 aromatic carbocycles. The summed E-state index contributed by atoms with van der Waals surface area (Å²) in [6.07, 6.45) is 7.16. The summed E-state index contributed by atoms with van der Waals surface area (Å²) in [4.78, 5) is 2.75. The highest BCUT2D eigenvalue weighted by Gasteiger charge is 2.29. The van der Waals surface area contributed by atoms with Crippen molar-refractivity contribution in [1.82, 2.24) is 10.2 Å². The summed E-state index contributed by atoms with van der Waals surface area (Å²) < 4.78 is 0. The molecular weight excluding hydrogens is 232 g/mol. The Bertz CT molecular complexity index is 269. The Balaban J connectivity index is 1.87. The van der Waals surface area contributed by atoms with Crippen molar-refractivity contribution in [3.8, 4) is 0 Å². The van der Waals surface area contributed by atoms with Gasteiger partial charge in [-0.2, -0.15) is 0 Å². The molecule has 1 N–H and O–H groups in total. The highest BCUT2D eigenvalue weighted by atomic mass is 15.2. The van der Waals surface area contributed by atoms with Gasteiger partial charge in [-0.05, 0) is 49.6 Å². The van der Waals surface area contributed by atoms with E-state index in [4.69, 9.17) is 0 Å². The lowest BCUT2D eigenvalue weighted by Gasteiger charge is -2.36. The zero-order valence-electron chi connectivity index (χ0n) is 13.5. The molecule has 1 saturated carbocycles. The molecule has 3 atom stereocenters. The highest BCUT2D eigenvalue weighted by Crippen LogP contribution is 2.30. The van der Waals surface area contributed by atoms with Gasteiger partial charge in [0.25, 0.3) is 0 Å². The summed E-state index contributed by atoms with van der Waals surface area (Å²) in [6, 6.07) is 0.649. The average Bonchev–Trinajstić information content (AvgIpc) is 2.54. The molecule has 3 unspecified atom stereocenters. The Labute approximate surface area is 120 Å². The van der Waals surface area contributed by atoms with Crippen molar-refractivity contribution in [2.75, 3.05) is 26.2 Å². The molecule has 1 aliphatic carbocycles. The highest BCUT2D eigenvalue weighted by molar-refractivity contribution is 4.87. The maximum absolute atomic E-state index is 3.76. The molecule has 2 heteroatoms. The van der Waals surface area contributed by atoms with Crippen LogP contribution in [0.1, 0.15) is 59.8 Å². The van der Waals surface area contributed by atoms with Gasteiger partial charge in [0.1, 0.15) is 0 Å². The van der Waals surface area contributed by atoms with Crippen molar-refractivity contribution in [2.24, 2.45) is 17.3 Å². The monoisotopic (exact) mass is 266 g/mol. The minimum Gasteiger partial charge on any atom is -0.312 e. The first kappa shape index (κ1) is 15.3. The van der Waals surface area contributed by atoms with E-state index in [0.29, 0.717) is 11.5 Å². The van der Waals surface area contributed by atoms with Crippen LogP contribution < -0.4 is 5.32 Å². The molecule has 1 heterocycles. The van der Waals surface area contributed by atoms with E-state index in [1.165, 1.54) is 58.3 Å². The molecule has 2 aliphatic rings. The normalized spacial score (nSPS) is 35.1. The van der Waals surface area contributed by atoms with E-state index < -0.39 is 0 Å². The zero-order valence-corrected chi connectivity index (χ0v) is 13.5. The molecule has 0 spiro atoms. The molecule has 0 aromatic heterocycles. The van der Waals surface area contributed by atoms with Crippen LogP contribution in [0.25, 0.3) is 0 Å². The fraction of sp³-hybridized carbons (Fsp3) is 1.00. The van der Waals surface area contributed by atoms with Gasteiger partial charge in [-0.25, -0.2) is 0 Å². The topological polar surface area (TPSA) is 15.3 Å². The van der Waals surface area contributed by atoms with Crippen LogP contribution in [0.3, 0.4) is 0 Å².